The van der Waals surface area contributed by atoms with Gasteiger partial charge in [0, 0.05) is 6.04 Å². The van der Waals surface area contributed by atoms with Gasteiger partial charge in [-0.3, -0.25) is 4.79 Å². The standard InChI is InChI=1S/C13H23NO4/c1-8-7-9(5-6-10(8)11(15)16)14-12(17)18-13(2,3)4/h8-10H,5-7H2,1-4H3,(H,14,17)(H,15,16)/t8-,9-,10?/m1/s1. The maximum Gasteiger partial charge on any atom is 0.407 e. The topological polar surface area (TPSA) is 75.6 Å². The molecule has 5 heteroatoms. The van der Waals surface area contributed by atoms with Crippen molar-refractivity contribution in [2.24, 2.45) is 11.8 Å². The molecule has 5 nitrogen and oxygen atoms in total. The quantitative estimate of drug-likeness (QED) is 0.796. The molecule has 1 unspecified atom stereocenters. The minimum Gasteiger partial charge on any atom is -0.481 e. The highest BCUT2D eigenvalue weighted by Crippen LogP contribution is 2.30. The Morgan fingerprint density at radius 3 is 2.33 bits per heavy atom. The number of nitrogens with one attached hydrogen (secondary N) is 1. The van der Waals surface area contributed by atoms with Crippen LogP contribution >= 0.6 is 0 Å². The maximum absolute atomic E-state index is 11.6. The van der Waals surface area contributed by atoms with E-state index in [1.165, 1.54) is 0 Å². The van der Waals surface area contributed by atoms with Crippen LogP contribution in [0.4, 0.5) is 4.79 Å². The van der Waals surface area contributed by atoms with Crippen molar-refractivity contribution in [3.8, 4) is 0 Å². The third-order valence-corrected chi connectivity index (χ3v) is 3.21. The van der Waals surface area contributed by atoms with E-state index in [-0.39, 0.29) is 17.9 Å². The third-order valence-electron chi connectivity index (χ3n) is 3.21. The Morgan fingerprint density at radius 1 is 1.28 bits per heavy atom. The molecule has 0 heterocycles. The van der Waals surface area contributed by atoms with Gasteiger partial charge in [0.15, 0.2) is 0 Å². The third kappa shape index (κ3) is 4.55. The molecule has 1 aliphatic carbocycles. The summed E-state index contributed by atoms with van der Waals surface area (Å²) in [5.74, 6) is -0.948. The minimum atomic E-state index is -0.738. The predicted octanol–water partition coefficient (Wildman–Crippen LogP) is 2.40. The first-order valence-electron chi connectivity index (χ1n) is 6.41. The van der Waals surface area contributed by atoms with Crippen LogP contribution in [0.1, 0.15) is 47.0 Å². The first-order valence-corrected chi connectivity index (χ1v) is 6.41. The largest absolute Gasteiger partial charge is 0.481 e. The van der Waals surface area contributed by atoms with Gasteiger partial charge >= 0.3 is 12.1 Å². The molecule has 18 heavy (non-hydrogen) atoms. The number of carboxylic acid groups (broad SMARTS) is 1. The molecule has 0 aromatic carbocycles. The molecule has 1 fully saturated rings. The van der Waals surface area contributed by atoms with E-state index in [0.29, 0.717) is 19.3 Å². The zero-order valence-electron chi connectivity index (χ0n) is 11.5. The Balaban J connectivity index is 2.43. The lowest BCUT2D eigenvalue weighted by atomic mass is 9.78. The molecule has 1 rings (SSSR count). The highest BCUT2D eigenvalue weighted by molar-refractivity contribution is 5.71. The fourth-order valence-electron chi connectivity index (χ4n) is 2.37. The van der Waals surface area contributed by atoms with E-state index in [0.717, 1.165) is 0 Å². The summed E-state index contributed by atoms with van der Waals surface area (Å²) in [7, 11) is 0. The molecular formula is C13H23NO4. The van der Waals surface area contributed by atoms with Gasteiger partial charge in [0.2, 0.25) is 0 Å². The van der Waals surface area contributed by atoms with Crippen LogP contribution in [0.3, 0.4) is 0 Å². The molecule has 0 saturated heterocycles. The first-order chi connectivity index (χ1) is 8.19. The van der Waals surface area contributed by atoms with Crippen molar-refractivity contribution in [3.63, 3.8) is 0 Å². The van der Waals surface area contributed by atoms with Gasteiger partial charge in [-0.05, 0) is 46.0 Å². The van der Waals surface area contributed by atoms with Crippen molar-refractivity contribution in [2.75, 3.05) is 0 Å². The molecule has 0 bridgehead atoms. The summed E-state index contributed by atoms with van der Waals surface area (Å²) < 4.78 is 5.18. The molecule has 1 aliphatic rings. The molecular weight excluding hydrogens is 234 g/mol. The summed E-state index contributed by atoms with van der Waals surface area (Å²) in [5, 5.41) is 11.8. The first kappa shape index (κ1) is 14.8. The number of carboxylic acids is 1. The Labute approximate surface area is 108 Å². The van der Waals surface area contributed by atoms with E-state index in [4.69, 9.17) is 9.84 Å². The van der Waals surface area contributed by atoms with E-state index >= 15 is 0 Å². The highest BCUT2D eigenvalue weighted by Gasteiger charge is 2.33. The number of hydrogen-bond acceptors (Lipinski definition) is 3. The minimum absolute atomic E-state index is 0.0189. The number of ether oxygens (including phenoxy) is 1. The van der Waals surface area contributed by atoms with Gasteiger partial charge in [0.1, 0.15) is 5.60 Å². The van der Waals surface area contributed by atoms with Crippen LogP contribution in [0.15, 0.2) is 0 Å². The summed E-state index contributed by atoms with van der Waals surface area (Å²) in [6, 6.07) is 0.0189. The van der Waals surface area contributed by atoms with Crippen LogP contribution in [0.2, 0.25) is 0 Å². The monoisotopic (exact) mass is 257 g/mol. The summed E-state index contributed by atoms with van der Waals surface area (Å²) in [6.45, 7) is 7.37. The van der Waals surface area contributed by atoms with Gasteiger partial charge in [-0.15, -0.1) is 0 Å². The van der Waals surface area contributed by atoms with Crippen molar-refractivity contribution < 1.29 is 19.4 Å². The van der Waals surface area contributed by atoms with Crippen molar-refractivity contribution in [1.82, 2.24) is 5.32 Å². The molecule has 0 aromatic rings. The Kier molecular flexibility index (Phi) is 4.59. The highest BCUT2D eigenvalue weighted by atomic mass is 16.6. The average Bonchev–Trinajstić information content (AvgIpc) is 2.13. The Bertz CT molecular complexity index is 321. The second-order valence-electron chi connectivity index (χ2n) is 6.08. The molecule has 3 atom stereocenters. The van der Waals surface area contributed by atoms with Gasteiger partial charge in [-0.2, -0.15) is 0 Å². The molecule has 2 N–H and O–H groups in total. The van der Waals surface area contributed by atoms with Crippen LogP contribution in [-0.4, -0.2) is 28.8 Å². The summed E-state index contributed by atoms with van der Waals surface area (Å²) in [6.07, 6.45) is 1.57. The number of carbonyl (C=O) groups excluding carboxylic acids is 1. The second-order valence-corrected chi connectivity index (χ2v) is 6.08. The molecule has 1 saturated carbocycles. The fraction of sp³-hybridized carbons (Fsp3) is 0.846. The van der Waals surface area contributed by atoms with Gasteiger partial charge < -0.3 is 15.2 Å². The summed E-state index contributed by atoms with van der Waals surface area (Å²) in [4.78, 5) is 22.6. The van der Waals surface area contributed by atoms with E-state index in [1.54, 1.807) is 0 Å². The van der Waals surface area contributed by atoms with Gasteiger partial charge in [0.05, 0.1) is 5.92 Å². The van der Waals surface area contributed by atoms with E-state index < -0.39 is 17.7 Å². The van der Waals surface area contributed by atoms with Crippen LogP contribution in [-0.2, 0) is 9.53 Å². The summed E-state index contributed by atoms with van der Waals surface area (Å²) in [5.41, 5.74) is -0.506. The van der Waals surface area contributed by atoms with E-state index in [2.05, 4.69) is 5.32 Å². The number of amides is 1. The zero-order chi connectivity index (χ0) is 13.9. The normalized spacial score (nSPS) is 28.6. The molecule has 0 spiro atoms. The predicted molar refractivity (Wildman–Crippen MR) is 67.3 cm³/mol. The number of aliphatic carboxylic acids is 1. The van der Waals surface area contributed by atoms with Crippen LogP contribution in [0, 0.1) is 11.8 Å². The lowest BCUT2D eigenvalue weighted by Gasteiger charge is -2.32. The van der Waals surface area contributed by atoms with E-state index in [1.807, 2.05) is 27.7 Å². The van der Waals surface area contributed by atoms with Crippen LogP contribution < -0.4 is 5.32 Å². The lowest BCUT2D eigenvalue weighted by Crippen LogP contribution is -2.43. The number of rotatable bonds is 2. The van der Waals surface area contributed by atoms with Crippen molar-refractivity contribution in [2.45, 2.75) is 58.6 Å². The zero-order valence-corrected chi connectivity index (χ0v) is 11.5. The average molecular weight is 257 g/mol. The van der Waals surface area contributed by atoms with Crippen molar-refractivity contribution in [3.05, 3.63) is 0 Å². The van der Waals surface area contributed by atoms with E-state index in [9.17, 15) is 9.59 Å². The lowest BCUT2D eigenvalue weighted by molar-refractivity contribution is -0.144. The molecule has 1 amide bonds. The van der Waals surface area contributed by atoms with Crippen molar-refractivity contribution in [1.29, 1.82) is 0 Å². The number of hydrogen-bond donors (Lipinski definition) is 2. The van der Waals surface area contributed by atoms with Crippen molar-refractivity contribution >= 4 is 12.1 Å². The van der Waals surface area contributed by atoms with Crippen LogP contribution in [0.25, 0.3) is 0 Å². The second kappa shape index (κ2) is 5.59. The number of alkyl carbamates (subject to hydrolysis) is 1. The molecule has 0 radical (unpaired) electrons. The molecule has 104 valence electrons. The Morgan fingerprint density at radius 2 is 1.89 bits per heavy atom. The Hall–Kier alpha value is -1.26. The SMILES string of the molecule is C[C@@H]1C[C@H](NC(=O)OC(C)(C)C)CCC1C(=O)O. The molecule has 0 aromatic heterocycles. The van der Waals surface area contributed by atoms with Gasteiger partial charge in [-0.25, -0.2) is 4.79 Å². The molecule has 0 aliphatic heterocycles. The maximum atomic E-state index is 11.6. The van der Waals surface area contributed by atoms with Gasteiger partial charge in [0.25, 0.3) is 0 Å². The smallest absolute Gasteiger partial charge is 0.407 e. The summed E-state index contributed by atoms with van der Waals surface area (Å²) >= 11 is 0. The van der Waals surface area contributed by atoms with Crippen LogP contribution in [0.5, 0.6) is 0 Å². The number of carbonyl (C=O) groups is 2. The van der Waals surface area contributed by atoms with Gasteiger partial charge in [-0.1, -0.05) is 6.92 Å². The fourth-order valence-corrected chi connectivity index (χ4v) is 2.37.